The van der Waals surface area contributed by atoms with Crippen molar-refractivity contribution in [2.75, 3.05) is 20.1 Å². The third kappa shape index (κ3) is 5.26. The van der Waals surface area contributed by atoms with E-state index in [4.69, 9.17) is 5.73 Å². The molecule has 1 atom stereocenters. The fraction of sp³-hybridized carbons (Fsp3) is 0.692. The lowest BCUT2D eigenvalue weighted by Gasteiger charge is -2.26. The molecule has 108 valence electrons. The molecule has 1 amide bonds. The van der Waals surface area contributed by atoms with Gasteiger partial charge in [0.1, 0.15) is 0 Å². The summed E-state index contributed by atoms with van der Waals surface area (Å²) in [5.41, 5.74) is 8.69. The zero-order chi connectivity index (χ0) is 14.3. The Morgan fingerprint density at radius 3 is 2.89 bits per heavy atom. The average Bonchev–Trinajstić information content (AvgIpc) is 2.79. The molecular weight excluding hydrogens is 260 g/mol. The van der Waals surface area contributed by atoms with Crippen LogP contribution in [0.4, 0.5) is 0 Å². The van der Waals surface area contributed by atoms with Crippen molar-refractivity contribution in [3.63, 3.8) is 0 Å². The lowest BCUT2D eigenvalue weighted by Crippen LogP contribution is -2.41. The molecule has 0 bridgehead atoms. The third-order valence-corrected chi connectivity index (χ3v) is 4.05. The quantitative estimate of drug-likeness (QED) is 0.750. The van der Waals surface area contributed by atoms with Gasteiger partial charge < -0.3 is 11.1 Å². The number of nitrogens with one attached hydrogen (secondary N) is 1. The number of carbonyl (C=O) groups excluding carboxylic acids is 1. The number of rotatable bonds is 8. The van der Waals surface area contributed by atoms with E-state index in [1.165, 1.54) is 4.88 Å². The van der Waals surface area contributed by atoms with Gasteiger partial charge in [-0.3, -0.25) is 9.69 Å². The maximum absolute atomic E-state index is 11.7. The van der Waals surface area contributed by atoms with Crippen molar-refractivity contribution in [1.29, 1.82) is 0 Å². The van der Waals surface area contributed by atoms with E-state index in [2.05, 4.69) is 15.2 Å². The van der Waals surface area contributed by atoms with E-state index in [-0.39, 0.29) is 11.9 Å². The Labute approximate surface area is 119 Å². The number of aromatic nitrogens is 1. The smallest absolute Gasteiger partial charge is 0.221 e. The molecule has 1 unspecified atom stereocenters. The monoisotopic (exact) mass is 284 g/mol. The molecular formula is C13H24N4OS. The first-order valence-corrected chi connectivity index (χ1v) is 7.52. The van der Waals surface area contributed by atoms with Crippen molar-refractivity contribution in [2.24, 2.45) is 5.73 Å². The van der Waals surface area contributed by atoms with Crippen molar-refractivity contribution >= 4 is 17.2 Å². The zero-order valence-electron chi connectivity index (χ0n) is 12.0. The number of amides is 1. The van der Waals surface area contributed by atoms with Gasteiger partial charge in [0.15, 0.2) is 0 Å². The van der Waals surface area contributed by atoms with Gasteiger partial charge in [0, 0.05) is 37.0 Å². The van der Waals surface area contributed by atoms with E-state index in [0.717, 1.165) is 25.2 Å². The number of nitrogens with zero attached hydrogens (tertiary/aromatic N) is 2. The van der Waals surface area contributed by atoms with Crippen LogP contribution in [0.25, 0.3) is 0 Å². The molecule has 0 aliphatic carbocycles. The van der Waals surface area contributed by atoms with Crippen molar-refractivity contribution in [3.8, 4) is 0 Å². The van der Waals surface area contributed by atoms with Crippen molar-refractivity contribution in [3.05, 3.63) is 16.1 Å². The van der Waals surface area contributed by atoms with Gasteiger partial charge in [-0.15, -0.1) is 11.3 Å². The number of nitrogens with two attached hydrogens (primary N) is 1. The van der Waals surface area contributed by atoms with Gasteiger partial charge in [-0.1, -0.05) is 6.92 Å². The maximum Gasteiger partial charge on any atom is 0.221 e. The molecule has 19 heavy (non-hydrogen) atoms. The van der Waals surface area contributed by atoms with E-state index in [1.807, 2.05) is 26.4 Å². The zero-order valence-corrected chi connectivity index (χ0v) is 12.8. The lowest BCUT2D eigenvalue weighted by atomic mass is 10.1. The summed E-state index contributed by atoms with van der Waals surface area (Å²) in [6, 6.07) is 0.0679. The Morgan fingerprint density at radius 1 is 1.63 bits per heavy atom. The van der Waals surface area contributed by atoms with Crippen molar-refractivity contribution in [2.45, 2.75) is 39.3 Å². The summed E-state index contributed by atoms with van der Waals surface area (Å²) in [6.07, 6.45) is 1.40. The number of hydrogen-bond donors (Lipinski definition) is 2. The number of likely N-dealkylation sites (N-methyl/N-ethyl adjacent to an activating group) is 1. The fourth-order valence-electron chi connectivity index (χ4n) is 1.80. The Morgan fingerprint density at radius 2 is 2.37 bits per heavy atom. The number of hydrogen-bond acceptors (Lipinski definition) is 5. The second-order valence-corrected chi connectivity index (χ2v) is 5.66. The molecule has 1 heterocycles. The van der Waals surface area contributed by atoms with E-state index < -0.39 is 0 Å². The van der Waals surface area contributed by atoms with E-state index >= 15 is 0 Å². The molecule has 3 N–H and O–H groups in total. The first kappa shape index (κ1) is 16.1. The van der Waals surface area contributed by atoms with E-state index in [1.54, 1.807) is 11.3 Å². The predicted octanol–water partition coefficient (Wildman–Crippen LogP) is 1.13. The third-order valence-electron chi connectivity index (χ3n) is 3.13. The molecule has 0 aromatic carbocycles. The minimum absolute atomic E-state index is 0.0679. The summed E-state index contributed by atoms with van der Waals surface area (Å²) >= 11 is 1.64. The van der Waals surface area contributed by atoms with Crippen LogP contribution in [-0.2, 0) is 11.3 Å². The van der Waals surface area contributed by atoms with E-state index in [0.29, 0.717) is 13.0 Å². The molecule has 0 radical (unpaired) electrons. The van der Waals surface area contributed by atoms with Crippen LogP contribution < -0.4 is 11.1 Å². The normalized spacial score (nSPS) is 12.7. The summed E-state index contributed by atoms with van der Waals surface area (Å²) in [5.74, 6) is 0.0742. The number of aryl methyl sites for hydroxylation is 1. The van der Waals surface area contributed by atoms with Crippen LogP contribution in [0.2, 0.25) is 0 Å². The number of carbonyl (C=O) groups is 1. The Balaban J connectivity index is 2.49. The van der Waals surface area contributed by atoms with Gasteiger partial charge in [-0.05, 0) is 20.4 Å². The minimum atomic E-state index is 0.0679. The SMILES string of the molecule is CCCNC(=O)CC(CN)N(C)Cc1scnc1C. The van der Waals surface area contributed by atoms with Gasteiger partial charge in [0.2, 0.25) is 5.91 Å². The summed E-state index contributed by atoms with van der Waals surface area (Å²) in [7, 11) is 2.00. The highest BCUT2D eigenvalue weighted by Gasteiger charge is 2.18. The van der Waals surface area contributed by atoms with Crippen LogP contribution in [0.15, 0.2) is 5.51 Å². The summed E-state index contributed by atoms with van der Waals surface area (Å²) in [4.78, 5) is 19.3. The van der Waals surface area contributed by atoms with Crippen LogP contribution in [-0.4, -0.2) is 42.0 Å². The molecule has 0 spiro atoms. The largest absolute Gasteiger partial charge is 0.356 e. The van der Waals surface area contributed by atoms with Gasteiger partial charge in [0.25, 0.3) is 0 Å². The van der Waals surface area contributed by atoms with Crippen LogP contribution >= 0.6 is 11.3 Å². The highest BCUT2D eigenvalue weighted by molar-refractivity contribution is 7.09. The fourth-order valence-corrected chi connectivity index (χ4v) is 2.64. The molecule has 0 saturated carbocycles. The highest BCUT2D eigenvalue weighted by Crippen LogP contribution is 2.16. The molecule has 0 fully saturated rings. The van der Waals surface area contributed by atoms with Gasteiger partial charge in [-0.25, -0.2) is 4.98 Å². The summed E-state index contributed by atoms with van der Waals surface area (Å²) in [6.45, 7) is 6.05. The Kier molecular flexibility index (Phi) is 6.97. The lowest BCUT2D eigenvalue weighted by molar-refractivity contribution is -0.122. The van der Waals surface area contributed by atoms with Crippen LogP contribution in [0.1, 0.15) is 30.3 Å². The molecule has 5 nitrogen and oxygen atoms in total. The summed E-state index contributed by atoms with van der Waals surface area (Å²) < 4.78 is 0. The number of thiazole rings is 1. The van der Waals surface area contributed by atoms with Crippen LogP contribution in [0.5, 0.6) is 0 Å². The first-order chi connectivity index (χ1) is 9.08. The summed E-state index contributed by atoms with van der Waals surface area (Å²) in [5, 5.41) is 2.89. The standard InChI is InChI=1S/C13H24N4OS/c1-4-5-15-13(18)6-11(7-14)17(3)8-12-10(2)16-9-19-12/h9,11H,4-8,14H2,1-3H3,(H,15,18). The second kappa shape index (κ2) is 8.24. The van der Waals surface area contributed by atoms with Gasteiger partial charge >= 0.3 is 0 Å². The molecule has 1 rings (SSSR count). The highest BCUT2D eigenvalue weighted by atomic mass is 32.1. The van der Waals surface area contributed by atoms with Crippen molar-refractivity contribution in [1.82, 2.24) is 15.2 Å². The molecule has 0 aliphatic rings. The Bertz CT molecular complexity index is 394. The Hall–Kier alpha value is -0.980. The molecule has 0 aliphatic heterocycles. The molecule has 0 saturated heterocycles. The maximum atomic E-state index is 11.7. The van der Waals surface area contributed by atoms with Crippen molar-refractivity contribution < 1.29 is 4.79 Å². The second-order valence-electron chi connectivity index (χ2n) is 4.72. The van der Waals surface area contributed by atoms with Crippen LogP contribution in [0, 0.1) is 6.92 Å². The van der Waals surface area contributed by atoms with Gasteiger partial charge in [-0.2, -0.15) is 0 Å². The molecule has 1 aromatic rings. The average molecular weight is 284 g/mol. The first-order valence-electron chi connectivity index (χ1n) is 6.64. The van der Waals surface area contributed by atoms with Gasteiger partial charge in [0.05, 0.1) is 11.2 Å². The van der Waals surface area contributed by atoms with E-state index in [9.17, 15) is 4.79 Å². The minimum Gasteiger partial charge on any atom is -0.356 e. The predicted molar refractivity (Wildman–Crippen MR) is 79.1 cm³/mol. The molecule has 1 aromatic heterocycles. The van der Waals surface area contributed by atoms with Crippen LogP contribution in [0.3, 0.4) is 0 Å². The molecule has 6 heteroatoms. The topological polar surface area (TPSA) is 71.2 Å².